The molecule has 1 aliphatic heterocycles. The van der Waals surface area contributed by atoms with Crippen LogP contribution in [0.15, 0.2) is 23.7 Å². The largest absolute Gasteiger partial charge is 0.351 e. The van der Waals surface area contributed by atoms with Gasteiger partial charge in [-0.1, -0.05) is 11.6 Å². The SMILES string of the molecule is N#Cc1cnc(N2CCc3sccc3C2)c(Cl)c1. The Hall–Kier alpha value is -1.57. The molecule has 0 bridgehead atoms. The summed E-state index contributed by atoms with van der Waals surface area (Å²) in [5.41, 5.74) is 1.85. The second-order valence-corrected chi connectivity index (χ2v) is 5.59. The maximum Gasteiger partial charge on any atom is 0.147 e. The van der Waals surface area contributed by atoms with E-state index >= 15 is 0 Å². The fraction of sp³-hybridized carbons (Fsp3) is 0.231. The molecule has 0 aromatic carbocycles. The number of nitrogens with zero attached hydrogens (tertiary/aromatic N) is 3. The third-order valence-corrected chi connectivity index (χ3v) is 4.36. The van der Waals surface area contributed by atoms with Gasteiger partial charge in [0.2, 0.25) is 0 Å². The Bertz CT molecular complexity index is 629. The number of pyridine rings is 1. The molecule has 0 N–H and O–H groups in total. The van der Waals surface area contributed by atoms with Crippen molar-refractivity contribution in [3.05, 3.63) is 44.7 Å². The average molecular weight is 276 g/mol. The zero-order valence-corrected chi connectivity index (χ0v) is 11.1. The molecule has 0 spiro atoms. The van der Waals surface area contributed by atoms with Crippen LogP contribution in [0.3, 0.4) is 0 Å². The van der Waals surface area contributed by atoms with Crippen LogP contribution in [0.2, 0.25) is 5.02 Å². The molecule has 3 nitrogen and oxygen atoms in total. The van der Waals surface area contributed by atoms with Gasteiger partial charge in [0.25, 0.3) is 0 Å². The average Bonchev–Trinajstić information content (AvgIpc) is 2.85. The summed E-state index contributed by atoms with van der Waals surface area (Å²) >= 11 is 8.00. The molecule has 1 aliphatic rings. The highest BCUT2D eigenvalue weighted by Gasteiger charge is 2.20. The lowest BCUT2D eigenvalue weighted by Gasteiger charge is -2.28. The molecule has 0 unspecified atom stereocenters. The summed E-state index contributed by atoms with van der Waals surface area (Å²) in [5.74, 6) is 0.771. The van der Waals surface area contributed by atoms with E-state index < -0.39 is 0 Å². The van der Waals surface area contributed by atoms with Crippen LogP contribution < -0.4 is 4.90 Å². The molecule has 18 heavy (non-hydrogen) atoms. The summed E-state index contributed by atoms with van der Waals surface area (Å²) in [4.78, 5) is 7.92. The van der Waals surface area contributed by atoms with Crippen LogP contribution in [0.1, 0.15) is 16.0 Å². The summed E-state index contributed by atoms with van der Waals surface area (Å²) in [7, 11) is 0. The Kier molecular flexibility index (Phi) is 2.94. The van der Waals surface area contributed by atoms with E-state index in [4.69, 9.17) is 16.9 Å². The van der Waals surface area contributed by atoms with Crippen molar-refractivity contribution in [3.63, 3.8) is 0 Å². The molecule has 0 fully saturated rings. The molecule has 5 heteroatoms. The van der Waals surface area contributed by atoms with E-state index in [1.807, 2.05) is 17.4 Å². The van der Waals surface area contributed by atoms with Crippen LogP contribution in [-0.2, 0) is 13.0 Å². The van der Waals surface area contributed by atoms with E-state index in [2.05, 4.69) is 21.3 Å². The number of nitriles is 1. The first-order valence-corrected chi connectivity index (χ1v) is 6.89. The number of hydrogen-bond acceptors (Lipinski definition) is 4. The third-order valence-electron chi connectivity index (χ3n) is 3.06. The molecular weight excluding hydrogens is 266 g/mol. The van der Waals surface area contributed by atoms with Crippen LogP contribution >= 0.6 is 22.9 Å². The van der Waals surface area contributed by atoms with Crippen LogP contribution in [0, 0.1) is 11.3 Å². The van der Waals surface area contributed by atoms with Crippen molar-refractivity contribution in [1.82, 2.24) is 4.98 Å². The fourth-order valence-electron chi connectivity index (χ4n) is 2.15. The molecule has 0 saturated heterocycles. The summed E-state index contributed by atoms with van der Waals surface area (Å²) in [6, 6.07) is 5.88. The van der Waals surface area contributed by atoms with Gasteiger partial charge in [-0.2, -0.15) is 5.26 Å². The second kappa shape index (κ2) is 4.60. The standard InChI is InChI=1S/C13H10ClN3S/c14-11-5-9(6-15)7-16-13(11)17-3-1-12-10(8-17)2-4-18-12/h2,4-5,7H,1,3,8H2. The van der Waals surface area contributed by atoms with Gasteiger partial charge in [0.05, 0.1) is 10.6 Å². The van der Waals surface area contributed by atoms with Crippen molar-refractivity contribution in [2.45, 2.75) is 13.0 Å². The highest BCUT2D eigenvalue weighted by atomic mass is 35.5. The van der Waals surface area contributed by atoms with Gasteiger partial charge >= 0.3 is 0 Å². The van der Waals surface area contributed by atoms with Crippen molar-refractivity contribution in [2.24, 2.45) is 0 Å². The molecule has 0 saturated carbocycles. The molecule has 3 heterocycles. The van der Waals surface area contributed by atoms with Crippen LogP contribution in [0.4, 0.5) is 5.82 Å². The van der Waals surface area contributed by atoms with Crippen molar-refractivity contribution in [1.29, 1.82) is 5.26 Å². The quantitative estimate of drug-likeness (QED) is 0.802. The zero-order chi connectivity index (χ0) is 12.5. The summed E-state index contributed by atoms with van der Waals surface area (Å²) in [5, 5.41) is 11.5. The minimum atomic E-state index is 0.497. The van der Waals surface area contributed by atoms with E-state index in [0.717, 1.165) is 25.3 Å². The van der Waals surface area contributed by atoms with Gasteiger partial charge in [-0.3, -0.25) is 0 Å². The van der Waals surface area contributed by atoms with Gasteiger partial charge in [-0.25, -0.2) is 4.98 Å². The van der Waals surface area contributed by atoms with E-state index in [1.54, 1.807) is 12.3 Å². The first kappa shape index (κ1) is 11.5. The summed E-state index contributed by atoms with van der Waals surface area (Å²) in [6.45, 7) is 1.77. The molecule has 0 radical (unpaired) electrons. The molecule has 0 amide bonds. The monoisotopic (exact) mass is 275 g/mol. The first-order chi connectivity index (χ1) is 8.78. The van der Waals surface area contributed by atoms with E-state index in [9.17, 15) is 0 Å². The molecule has 90 valence electrons. The minimum Gasteiger partial charge on any atom is -0.351 e. The smallest absolute Gasteiger partial charge is 0.147 e. The molecule has 2 aromatic rings. The lowest BCUT2D eigenvalue weighted by molar-refractivity contribution is 0.732. The van der Waals surface area contributed by atoms with Crippen molar-refractivity contribution in [3.8, 4) is 6.07 Å². The lowest BCUT2D eigenvalue weighted by Crippen LogP contribution is -2.30. The van der Waals surface area contributed by atoms with Crippen LogP contribution in [-0.4, -0.2) is 11.5 Å². The fourth-order valence-corrected chi connectivity index (χ4v) is 3.33. The number of aromatic nitrogens is 1. The normalized spacial score (nSPS) is 14.1. The topological polar surface area (TPSA) is 39.9 Å². The van der Waals surface area contributed by atoms with Crippen molar-refractivity contribution < 1.29 is 0 Å². The van der Waals surface area contributed by atoms with E-state index in [0.29, 0.717) is 10.6 Å². The zero-order valence-electron chi connectivity index (χ0n) is 9.56. The van der Waals surface area contributed by atoms with Gasteiger partial charge in [0.1, 0.15) is 11.9 Å². The lowest BCUT2D eigenvalue weighted by atomic mass is 10.1. The predicted molar refractivity (Wildman–Crippen MR) is 73.0 cm³/mol. The van der Waals surface area contributed by atoms with Gasteiger partial charge < -0.3 is 4.90 Å². The van der Waals surface area contributed by atoms with Gasteiger partial charge in [-0.15, -0.1) is 11.3 Å². The Morgan fingerprint density at radius 2 is 2.39 bits per heavy atom. The Morgan fingerprint density at radius 1 is 1.50 bits per heavy atom. The number of anilines is 1. The predicted octanol–water partition coefficient (Wildman–Crippen LogP) is 3.23. The molecule has 2 aromatic heterocycles. The number of thiophene rings is 1. The van der Waals surface area contributed by atoms with Gasteiger partial charge in [0.15, 0.2) is 0 Å². The Morgan fingerprint density at radius 3 is 3.17 bits per heavy atom. The van der Waals surface area contributed by atoms with E-state index in [1.165, 1.54) is 10.4 Å². The number of halogens is 1. The van der Waals surface area contributed by atoms with Gasteiger partial charge in [0, 0.05) is 24.2 Å². The number of fused-ring (bicyclic) bond motifs is 1. The maximum atomic E-state index is 8.80. The third kappa shape index (κ3) is 1.96. The van der Waals surface area contributed by atoms with Crippen molar-refractivity contribution >= 4 is 28.8 Å². The van der Waals surface area contributed by atoms with E-state index in [-0.39, 0.29) is 0 Å². The second-order valence-electron chi connectivity index (χ2n) is 4.18. The highest BCUT2D eigenvalue weighted by Crippen LogP contribution is 2.30. The van der Waals surface area contributed by atoms with Crippen LogP contribution in [0.5, 0.6) is 0 Å². The highest BCUT2D eigenvalue weighted by molar-refractivity contribution is 7.10. The Balaban J connectivity index is 1.91. The summed E-state index contributed by atoms with van der Waals surface area (Å²) in [6.07, 6.45) is 2.61. The summed E-state index contributed by atoms with van der Waals surface area (Å²) < 4.78 is 0. The van der Waals surface area contributed by atoms with Crippen molar-refractivity contribution in [2.75, 3.05) is 11.4 Å². The molecule has 3 rings (SSSR count). The minimum absolute atomic E-state index is 0.497. The molecule has 0 atom stereocenters. The van der Waals surface area contributed by atoms with Gasteiger partial charge in [-0.05, 0) is 29.5 Å². The van der Waals surface area contributed by atoms with Crippen LogP contribution in [0.25, 0.3) is 0 Å². The molecule has 0 aliphatic carbocycles. The Labute approximate surface area is 114 Å². The maximum absolute atomic E-state index is 8.80. The molecular formula is C13H10ClN3S. The number of hydrogen-bond donors (Lipinski definition) is 0. The first-order valence-electron chi connectivity index (χ1n) is 5.64. The number of rotatable bonds is 1.